The van der Waals surface area contributed by atoms with Crippen LogP contribution in [0.15, 0.2) is 53.7 Å². The summed E-state index contributed by atoms with van der Waals surface area (Å²) in [7, 11) is 0.526. The molecule has 0 saturated carbocycles. The van der Waals surface area contributed by atoms with E-state index < -0.39 is 10.2 Å². The van der Waals surface area contributed by atoms with E-state index in [4.69, 9.17) is 5.73 Å². The molecule has 0 unspecified atom stereocenters. The van der Waals surface area contributed by atoms with Crippen LogP contribution < -0.4 is 11.1 Å². The quantitative estimate of drug-likeness (QED) is 0.373. The number of nitrogens with zero attached hydrogens (tertiary/aromatic N) is 6. The number of carbonyl (C=O) groups excluding carboxylic acids is 1. The second-order valence-electron chi connectivity index (χ2n) is 12.3. The first kappa shape index (κ1) is 30.1. The van der Waals surface area contributed by atoms with E-state index in [1.165, 1.54) is 4.31 Å². The fraction of sp³-hybridized carbons (Fsp3) is 0.500. The number of hydrogen-bond donors (Lipinski definition) is 2. The fourth-order valence-electron chi connectivity index (χ4n) is 5.81. The van der Waals surface area contributed by atoms with E-state index in [2.05, 4.69) is 41.1 Å². The van der Waals surface area contributed by atoms with Gasteiger partial charge in [-0.15, -0.1) is 0 Å². The first-order chi connectivity index (χ1) is 19.9. The van der Waals surface area contributed by atoms with Crippen LogP contribution in [0.2, 0.25) is 0 Å². The van der Waals surface area contributed by atoms with E-state index in [0.29, 0.717) is 49.7 Å². The highest BCUT2D eigenvalue weighted by Crippen LogP contribution is 2.35. The molecule has 1 aromatic heterocycles. The van der Waals surface area contributed by atoms with E-state index in [1.807, 2.05) is 42.3 Å². The van der Waals surface area contributed by atoms with E-state index in [0.717, 1.165) is 37.1 Å². The van der Waals surface area contributed by atoms with Gasteiger partial charge < -0.3 is 20.9 Å². The molecular formula is C30H42N8O3S. The number of hydrogen-bond acceptors (Lipinski definition) is 6. The molecule has 0 atom stereocenters. The molecule has 2 fully saturated rings. The Labute approximate surface area is 249 Å². The number of piperidine rings is 1. The van der Waals surface area contributed by atoms with Crippen LogP contribution in [0.1, 0.15) is 49.0 Å². The van der Waals surface area contributed by atoms with Gasteiger partial charge in [0.1, 0.15) is 0 Å². The lowest BCUT2D eigenvalue weighted by Gasteiger charge is -2.46. The smallest absolute Gasteiger partial charge is 0.282 e. The van der Waals surface area contributed by atoms with Crippen molar-refractivity contribution in [2.24, 2.45) is 16.1 Å². The Morgan fingerprint density at radius 2 is 1.79 bits per heavy atom. The molecule has 12 heteroatoms. The summed E-state index contributed by atoms with van der Waals surface area (Å²) >= 11 is 0. The summed E-state index contributed by atoms with van der Waals surface area (Å²) in [6.07, 6.45) is 6.10. The molecule has 4 heterocycles. The highest BCUT2D eigenvalue weighted by Gasteiger charge is 2.44. The van der Waals surface area contributed by atoms with Crippen molar-refractivity contribution in [3.63, 3.8) is 0 Å². The minimum atomic E-state index is -3.46. The Morgan fingerprint density at radius 1 is 1.10 bits per heavy atom. The Hall–Kier alpha value is -3.32. The van der Waals surface area contributed by atoms with E-state index in [9.17, 15) is 13.2 Å². The lowest BCUT2D eigenvalue weighted by Crippen LogP contribution is -2.59. The van der Waals surface area contributed by atoms with Crippen molar-refractivity contribution in [2.75, 3.05) is 58.7 Å². The van der Waals surface area contributed by atoms with Crippen LogP contribution in [0.25, 0.3) is 5.57 Å². The van der Waals surface area contributed by atoms with Gasteiger partial charge in [0, 0.05) is 62.3 Å². The maximum Gasteiger partial charge on any atom is 0.282 e. The molecule has 0 bridgehead atoms. The molecular weight excluding hydrogens is 552 g/mol. The van der Waals surface area contributed by atoms with Crippen LogP contribution in [-0.4, -0.2) is 103 Å². The third kappa shape index (κ3) is 6.67. The monoisotopic (exact) mass is 594 g/mol. The second kappa shape index (κ2) is 12.1. The number of benzene rings is 1. The number of amides is 1. The van der Waals surface area contributed by atoms with Crippen molar-refractivity contribution in [3.8, 4) is 0 Å². The summed E-state index contributed by atoms with van der Waals surface area (Å²) in [5, 5.41) is 3.09. The zero-order chi connectivity index (χ0) is 30.1. The maximum atomic E-state index is 13.0. The Morgan fingerprint density at radius 3 is 2.40 bits per heavy atom. The third-order valence-corrected chi connectivity index (χ3v) is 10.2. The van der Waals surface area contributed by atoms with Gasteiger partial charge in [0.05, 0.1) is 0 Å². The zero-order valence-electron chi connectivity index (χ0n) is 25.0. The Bertz CT molecular complexity index is 1460. The number of anilines is 1. The van der Waals surface area contributed by atoms with Gasteiger partial charge in [0.2, 0.25) is 0 Å². The normalized spacial score (nSPS) is 21.0. The predicted octanol–water partition coefficient (Wildman–Crippen LogP) is 2.98. The largest absolute Gasteiger partial charge is 0.369 e. The van der Waals surface area contributed by atoms with E-state index >= 15 is 0 Å². The van der Waals surface area contributed by atoms with Crippen LogP contribution >= 0.6 is 0 Å². The van der Waals surface area contributed by atoms with Crippen molar-refractivity contribution in [2.45, 2.75) is 39.2 Å². The molecule has 0 spiro atoms. The van der Waals surface area contributed by atoms with Crippen LogP contribution in [0.3, 0.4) is 0 Å². The maximum absolute atomic E-state index is 13.0. The van der Waals surface area contributed by atoms with E-state index in [1.54, 1.807) is 22.6 Å². The number of pyridine rings is 1. The van der Waals surface area contributed by atoms with Crippen molar-refractivity contribution < 1.29 is 13.2 Å². The molecule has 226 valence electrons. The van der Waals surface area contributed by atoms with Gasteiger partial charge in [0.15, 0.2) is 11.8 Å². The summed E-state index contributed by atoms with van der Waals surface area (Å²) < 4.78 is 29.1. The lowest BCUT2D eigenvalue weighted by molar-refractivity contribution is 0.0659. The average Bonchev–Trinajstić information content (AvgIpc) is 2.96. The van der Waals surface area contributed by atoms with Gasteiger partial charge >= 0.3 is 0 Å². The van der Waals surface area contributed by atoms with Crippen LogP contribution in [0, 0.1) is 5.41 Å². The van der Waals surface area contributed by atoms with Crippen molar-refractivity contribution in [1.82, 2.24) is 23.4 Å². The summed E-state index contributed by atoms with van der Waals surface area (Å²) in [6.45, 7) is 7.94. The lowest BCUT2D eigenvalue weighted by atomic mass is 9.87. The highest BCUT2D eigenvalue weighted by molar-refractivity contribution is 7.86. The first-order valence-corrected chi connectivity index (χ1v) is 15.9. The van der Waals surface area contributed by atoms with Crippen LogP contribution in [0.5, 0.6) is 0 Å². The summed E-state index contributed by atoms with van der Waals surface area (Å²) in [5.74, 6) is 0.635. The van der Waals surface area contributed by atoms with Gasteiger partial charge in [0.25, 0.3) is 16.1 Å². The topological polar surface area (TPSA) is 127 Å². The second-order valence-corrected chi connectivity index (χ2v) is 14.2. The first-order valence-electron chi connectivity index (χ1n) is 14.5. The standard InChI is InChI=1S/C30H42N8O3S/c1-30(2)20-38(21-30)42(40,41)37-18-11-22(12-19-37)26-6-5-15-32-27(26)34-29(31)33-24-9-7-23(8-10-24)28(39)36(4)25-13-16-35(3)17-14-25/h5-11,15,25H,12-14,16-21H2,1-4H3,(H3,31,32,33,34). The van der Waals surface area contributed by atoms with Gasteiger partial charge in [-0.1, -0.05) is 19.9 Å². The van der Waals surface area contributed by atoms with Crippen molar-refractivity contribution >= 4 is 39.2 Å². The highest BCUT2D eigenvalue weighted by atomic mass is 32.2. The number of carbonyl (C=O) groups is 1. The molecule has 11 nitrogen and oxygen atoms in total. The summed E-state index contributed by atoms with van der Waals surface area (Å²) in [6, 6.07) is 11.2. The van der Waals surface area contributed by atoms with Gasteiger partial charge in [-0.25, -0.2) is 4.98 Å². The molecule has 2 aromatic rings. The number of rotatable bonds is 7. The average molecular weight is 595 g/mol. The molecule has 0 aliphatic carbocycles. The SMILES string of the molecule is CN1CCC(N(C)C(=O)c2ccc(NC(N)=Nc3ncccc3C3=CCN(S(=O)(=O)N4CC(C)(C)C4)CC3)cc2)CC1. The number of likely N-dealkylation sites (tertiary alicyclic amines) is 1. The molecule has 5 rings (SSSR count). The molecule has 3 N–H and O–H groups in total. The molecule has 1 aromatic carbocycles. The third-order valence-electron chi connectivity index (χ3n) is 8.35. The van der Waals surface area contributed by atoms with E-state index in [-0.39, 0.29) is 23.3 Å². The number of nitrogens with one attached hydrogen (secondary N) is 1. The zero-order valence-corrected chi connectivity index (χ0v) is 25.8. The van der Waals surface area contributed by atoms with Crippen LogP contribution in [0.4, 0.5) is 11.5 Å². The Kier molecular flexibility index (Phi) is 8.70. The van der Waals surface area contributed by atoms with Gasteiger partial charge in [-0.3, -0.25) is 4.79 Å². The molecule has 3 aliphatic heterocycles. The summed E-state index contributed by atoms with van der Waals surface area (Å²) in [4.78, 5) is 26.1. The molecule has 2 saturated heterocycles. The van der Waals surface area contributed by atoms with Crippen molar-refractivity contribution in [3.05, 3.63) is 59.8 Å². The molecule has 0 radical (unpaired) electrons. The molecule has 42 heavy (non-hydrogen) atoms. The number of guanidine groups is 1. The molecule has 1 amide bonds. The van der Waals surface area contributed by atoms with Gasteiger partial charge in [-0.2, -0.15) is 22.0 Å². The van der Waals surface area contributed by atoms with Crippen molar-refractivity contribution in [1.29, 1.82) is 0 Å². The molecule has 3 aliphatic rings. The number of nitrogens with two attached hydrogens (primary N) is 1. The Balaban J connectivity index is 1.22. The number of aliphatic imine (C=N–C) groups is 1. The van der Waals surface area contributed by atoms with Gasteiger partial charge in [-0.05, 0) is 86.8 Å². The predicted molar refractivity (Wildman–Crippen MR) is 167 cm³/mol. The minimum Gasteiger partial charge on any atom is -0.369 e. The fourth-order valence-corrected chi connectivity index (χ4v) is 7.75. The minimum absolute atomic E-state index is 0.0108. The number of aromatic nitrogens is 1. The summed E-state index contributed by atoms with van der Waals surface area (Å²) in [5.41, 5.74) is 9.43. The van der Waals surface area contributed by atoms with Crippen LogP contribution in [-0.2, 0) is 10.2 Å².